The summed E-state index contributed by atoms with van der Waals surface area (Å²) in [6.07, 6.45) is 10.3. The van der Waals surface area contributed by atoms with Gasteiger partial charge >= 0.3 is 0 Å². The molecule has 0 bridgehead atoms. The fourth-order valence-electron chi connectivity index (χ4n) is 3.77. The number of likely N-dealkylation sites (tertiary alicyclic amines) is 1. The van der Waals surface area contributed by atoms with Crippen molar-refractivity contribution in [3.8, 4) is 0 Å². The SMILES string of the molecule is CCC1CCCN1C(=O)CC1(CN)CCCCC1. The molecule has 1 aliphatic carbocycles. The van der Waals surface area contributed by atoms with Gasteiger partial charge < -0.3 is 10.6 Å². The Morgan fingerprint density at radius 2 is 2.00 bits per heavy atom. The molecule has 1 aliphatic heterocycles. The summed E-state index contributed by atoms with van der Waals surface area (Å²) in [6.45, 7) is 3.84. The minimum Gasteiger partial charge on any atom is -0.340 e. The highest BCUT2D eigenvalue weighted by Crippen LogP contribution is 2.39. The van der Waals surface area contributed by atoms with Crippen LogP contribution in [-0.2, 0) is 4.79 Å². The van der Waals surface area contributed by atoms with Crippen LogP contribution in [0.25, 0.3) is 0 Å². The van der Waals surface area contributed by atoms with Gasteiger partial charge in [0.1, 0.15) is 0 Å². The molecule has 2 rings (SSSR count). The van der Waals surface area contributed by atoms with E-state index in [9.17, 15) is 4.79 Å². The molecule has 1 amide bonds. The number of nitrogens with two attached hydrogens (primary N) is 1. The minimum atomic E-state index is 0.121. The van der Waals surface area contributed by atoms with Crippen molar-refractivity contribution in [1.82, 2.24) is 4.90 Å². The van der Waals surface area contributed by atoms with Crippen LogP contribution in [0.1, 0.15) is 64.7 Å². The molecule has 1 atom stereocenters. The Balaban J connectivity index is 1.96. The summed E-state index contributed by atoms with van der Waals surface area (Å²) in [5.74, 6) is 0.367. The topological polar surface area (TPSA) is 46.3 Å². The van der Waals surface area contributed by atoms with Crippen molar-refractivity contribution in [2.75, 3.05) is 13.1 Å². The average molecular weight is 252 g/mol. The summed E-state index contributed by atoms with van der Waals surface area (Å²) >= 11 is 0. The van der Waals surface area contributed by atoms with Gasteiger partial charge in [0, 0.05) is 19.0 Å². The summed E-state index contributed by atoms with van der Waals surface area (Å²) in [7, 11) is 0. The monoisotopic (exact) mass is 252 g/mol. The van der Waals surface area contributed by atoms with Crippen molar-refractivity contribution in [2.45, 2.75) is 70.8 Å². The predicted octanol–water partition coefficient (Wildman–Crippen LogP) is 2.69. The Morgan fingerprint density at radius 1 is 1.28 bits per heavy atom. The van der Waals surface area contributed by atoms with Gasteiger partial charge in [-0.3, -0.25) is 4.79 Å². The highest BCUT2D eigenvalue weighted by molar-refractivity contribution is 5.77. The van der Waals surface area contributed by atoms with Crippen LogP contribution in [0.4, 0.5) is 0 Å². The molecule has 2 N–H and O–H groups in total. The Kier molecular flexibility index (Phi) is 4.66. The molecule has 0 aromatic heterocycles. The summed E-state index contributed by atoms with van der Waals surface area (Å²) < 4.78 is 0. The molecule has 2 fully saturated rings. The lowest BCUT2D eigenvalue weighted by Crippen LogP contribution is -2.42. The van der Waals surface area contributed by atoms with Crippen LogP contribution < -0.4 is 5.73 Å². The molecular formula is C15H28N2O. The van der Waals surface area contributed by atoms with Crippen LogP contribution in [0.15, 0.2) is 0 Å². The summed E-state index contributed by atoms with van der Waals surface area (Å²) in [4.78, 5) is 14.6. The smallest absolute Gasteiger partial charge is 0.223 e. The van der Waals surface area contributed by atoms with Crippen molar-refractivity contribution < 1.29 is 4.79 Å². The molecule has 0 aromatic rings. The fourth-order valence-corrected chi connectivity index (χ4v) is 3.77. The van der Waals surface area contributed by atoms with E-state index in [0.717, 1.165) is 25.8 Å². The van der Waals surface area contributed by atoms with Crippen molar-refractivity contribution in [3.05, 3.63) is 0 Å². The first-order valence-electron chi connectivity index (χ1n) is 7.70. The zero-order valence-electron chi connectivity index (χ0n) is 11.8. The third-order valence-corrected chi connectivity index (χ3v) is 5.04. The second-order valence-corrected chi connectivity index (χ2v) is 6.23. The zero-order chi connectivity index (χ0) is 13.0. The third kappa shape index (κ3) is 2.87. The van der Waals surface area contributed by atoms with Crippen LogP contribution >= 0.6 is 0 Å². The molecule has 1 unspecified atom stereocenters. The van der Waals surface area contributed by atoms with Gasteiger partial charge in [-0.25, -0.2) is 0 Å². The maximum Gasteiger partial charge on any atom is 0.223 e. The van der Waals surface area contributed by atoms with Crippen LogP contribution in [-0.4, -0.2) is 29.9 Å². The lowest BCUT2D eigenvalue weighted by atomic mass is 9.71. The number of hydrogen-bond donors (Lipinski definition) is 1. The zero-order valence-corrected chi connectivity index (χ0v) is 11.8. The fraction of sp³-hybridized carbons (Fsp3) is 0.933. The average Bonchev–Trinajstić information content (AvgIpc) is 2.88. The predicted molar refractivity (Wildman–Crippen MR) is 74.2 cm³/mol. The molecule has 0 aromatic carbocycles. The van der Waals surface area contributed by atoms with E-state index in [4.69, 9.17) is 5.73 Å². The number of carbonyl (C=O) groups is 1. The van der Waals surface area contributed by atoms with E-state index >= 15 is 0 Å². The standard InChI is InChI=1S/C15H28N2O/c1-2-13-7-6-10-17(13)14(18)11-15(12-16)8-4-3-5-9-15/h13H,2-12,16H2,1H3. The minimum absolute atomic E-state index is 0.121. The molecule has 2 aliphatic rings. The Morgan fingerprint density at radius 3 is 2.61 bits per heavy atom. The first-order chi connectivity index (χ1) is 8.71. The van der Waals surface area contributed by atoms with E-state index in [0.29, 0.717) is 24.9 Å². The molecule has 1 heterocycles. The number of rotatable bonds is 4. The molecule has 3 nitrogen and oxygen atoms in total. The maximum absolute atomic E-state index is 12.5. The second kappa shape index (κ2) is 6.05. The molecule has 0 radical (unpaired) electrons. The van der Waals surface area contributed by atoms with Crippen molar-refractivity contribution in [3.63, 3.8) is 0 Å². The van der Waals surface area contributed by atoms with Gasteiger partial charge in [0.25, 0.3) is 0 Å². The highest BCUT2D eigenvalue weighted by atomic mass is 16.2. The first-order valence-corrected chi connectivity index (χ1v) is 7.70. The van der Waals surface area contributed by atoms with Gasteiger partial charge in [0.05, 0.1) is 0 Å². The number of nitrogens with zero attached hydrogens (tertiary/aromatic N) is 1. The van der Waals surface area contributed by atoms with E-state index < -0.39 is 0 Å². The van der Waals surface area contributed by atoms with Crippen LogP contribution in [0.5, 0.6) is 0 Å². The molecule has 1 saturated carbocycles. The Bertz CT molecular complexity index is 284. The number of amides is 1. The van der Waals surface area contributed by atoms with Crippen molar-refractivity contribution in [2.24, 2.45) is 11.1 Å². The van der Waals surface area contributed by atoms with E-state index in [1.165, 1.54) is 32.1 Å². The highest BCUT2D eigenvalue weighted by Gasteiger charge is 2.36. The normalized spacial score (nSPS) is 27.4. The summed E-state index contributed by atoms with van der Waals surface area (Å²) in [5, 5.41) is 0. The van der Waals surface area contributed by atoms with Gasteiger partial charge in [-0.15, -0.1) is 0 Å². The third-order valence-electron chi connectivity index (χ3n) is 5.04. The molecule has 3 heteroatoms. The lowest BCUT2D eigenvalue weighted by Gasteiger charge is -2.37. The quantitative estimate of drug-likeness (QED) is 0.836. The van der Waals surface area contributed by atoms with Gasteiger partial charge in [0.2, 0.25) is 5.91 Å². The molecule has 104 valence electrons. The van der Waals surface area contributed by atoms with Crippen LogP contribution in [0.3, 0.4) is 0 Å². The van der Waals surface area contributed by atoms with Gasteiger partial charge in [-0.1, -0.05) is 26.2 Å². The molecule has 0 spiro atoms. The Hall–Kier alpha value is -0.570. The van der Waals surface area contributed by atoms with Gasteiger partial charge in [-0.2, -0.15) is 0 Å². The van der Waals surface area contributed by atoms with E-state index in [1.54, 1.807) is 0 Å². The van der Waals surface area contributed by atoms with E-state index in [2.05, 4.69) is 11.8 Å². The summed E-state index contributed by atoms with van der Waals surface area (Å²) in [6, 6.07) is 0.496. The largest absolute Gasteiger partial charge is 0.340 e. The van der Waals surface area contributed by atoms with Crippen LogP contribution in [0, 0.1) is 5.41 Å². The molecule has 18 heavy (non-hydrogen) atoms. The van der Waals surface area contributed by atoms with E-state index in [-0.39, 0.29) is 5.41 Å². The summed E-state index contributed by atoms with van der Waals surface area (Å²) in [5.41, 5.74) is 6.10. The van der Waals surface area contributed by atoms with Crippen molar-refractivity contribution >= 4 is 5.91 Å². The molecule has 1 saturated heterocycles. The van der Waals surface area contributed by atoms with E-state index in [1.807, 2.05) is 0 Å². The Labute approximate surface area is 111 Å². The van der Waals surface area contributed by atoms with Gasteiger partial charge in [0.15, 0.2) is 0 Å². The number of carbonyl (C=O) groups excluding carboxylic acids is 1. The first kappa shape index (κ1) is 13.9. The lowest BCUT2D eigenvalue weighted by molar-refractivity contribution is -0.135. The maximum atomic E-state index is 12.5. The van der Waals surface area contributed by atoms with Gasteiger partial charge in [-0.05, 0) is 44.1 Å². The number of hydrogen-bond acceptors (Lipinski definition) is 2. The molecular weight excluding hydrogens is 224 g/mol. The second-order valence-electron chi connectivity index (χ2n) is 6.23. The van der Waals surface area contributed by atoms with Crippen molar-refractivity contribution in [1.29, 1.82) is 0 Å². The van der Waals surface area contributed by atoms with Crippen LogP contribution in [0.2, 0.25) is 0 Å².